The molecule has 4 nitrogen and oxygen atoms in total. The van der Waals surface area contributed by atoms with E-state index in [0.29, 0.717) is 12.5 Å². The first kappa shape index (κ1) is 9.77. The summed E-state index contributed by atoms with van der Waals surface area (Å²) in [6, 6.07) is 0. The molecule has 2 aliphatic rings. The molecule has 2 N–H and O–H groups in total. The quantitative estimate of drug-likeness (QED) is 0.630. The lowest BCUT2D eigenvalue weighted by atomic mass is 10.2. The topological polar surface area (TPSA) is 55.6 Å². The molecule has 80 valence electrons. The van der Waals surface area contributed by atoms with E-state index in [4.69, 9.17) is 10.5 Å². The number of hydrogen-bond acceptors (Lipinski definition) is 3. The fourth-order valence-electron chi connectivity index (χ4n) is 1.99. The van der Waals surface area contributed by atoms with Crippen molar-refractivity contribution in [2.24, 2.45) is 11.7 Å². The monoisotopic (exact) mass is 198 g/mol. The van der Waals surface area contributed by atoms with E-state index in [2.05, 4.69) is 0 Å². The van der Waals surface area contributed by atoms with Crippen LogP contribution in [0.1, 0.15) is 27.2 Å². The van der Waals surface area contributed by atoms with E-state index in [1.54, 1.807) is 4.90 Å². The second-order valence-corrected chi connectivity index (χ2v) is 5.50. The third-order valence-electron chi connectivity index (χ3n) is 2.86. The number of ether oxygens (including phenoxy) is 1. The van der Waals surface area contributed by atoms with Crippen LogP contribution in [0.3, 0.4) is 0 Å². The Labute approximate surface area is 84.4 Å². The molecule has 1 aliphatic carbocycles. The van der Waals surface area contributed by atoms with Gasteiger partial charge in [-0.25, -0.2) is 4.79 Å². The van der Waals surface area contributed by atoms with Gasteiger partial charge in [0.2, 0.25) is 0 Å². The van der Waals surface area contributed by atoms with Gasteiger partial charge in [0.15, 0.2) is 0 Å². The van der Waals surface area contributed by atoms with E-state index in [1.807, 2.05) is 20.8 Å². The van der Waals surface area contributed by atoms with Gasteiger partial charge in [-0.3, -0.25) is 0 Å². The lowest BCUT2D eigenvalue weighted by Gasteiger charge is -2.25. The van der Waals surface area contributed by atoms with Gasteiger partial charge in [0.05, 0.1) is 0 Å². The Kier molecular flexibility index (Phi) is 1.83. The van der Waals surface area contributed by atoms with Gasteiger partial charge in [0.25, 0.3) is 0 Å². The van der Waals surface area contributed by atoms with Crippen LogP contribution in [0.4, 0.5) is 4.79 Å². The zero-order chi connectivity index (χ0) is 10.6. The predicted molar refractivity (Wildman–Crippen MR) is 52.8 cm³/mol. The maximum atomic E-state index is 11.6. The second-order valence-electron chi connectivity index (χ2n) is 5.50. The van der Waals surface area contributed by atoms with E-state index < -0.39 is 5.60 Å². The largest absolute Gasteiger partial charge is 0.444 e. The van der Waals surface area contributed by atoms with E-state index >= 15 is 0 Å². The standard InChI is InChI=1S/C10H18N2O2/c1-9(2,3)14-8(13)12-5-7-4-10(7,11)6-12/h7H,4-6,11H2,1-3H3/t7-,10+/m1/s1. The minimum Gasteiger partial charge on any atom is -0.444 e. The maximum absolute atomic E-state index is 11.6. The summed E-state index contributed by atoms with van der Waals surface area (Å²) < 4.78 is 5.27. The number of fused-ring (bicyclic) bond motifs is 1. The molecule has 1 saturated carbocycles. The van der Waals surface area contributed by atoms with Gasteiger partial charge in [0, 0.05) is 18.6 Å². The number of amides is 1. The highest BCUT2D eigenvalue weighted by Crippen LogP contribution is 2.47. The molecule has 0 bridgehead atoms. The van der Waals surface area contributed by atoms with Crippen molar-refractivity contribution < 1.29 is 9.53 Å². The van der Waals surface area contributed by atoms with Crippen LogP contribution in [-0.4, -0.2) is 35.2 Å². The summed E-state index contributed by atoms with van der Waals surface area (Å²) in [6.07, 6.45) is 0.835. The van der Waals surface area contributed by atoms with Crippen LogP contribution in [0.25, 0.3) is 0 Å². The Hall–Kier alpha value is -0.770. The van der Waals surface area contributed by atoms with Crippen LogP contribution in [-0.2, 0) is 4.74 Å². The molecule has 1 saturated heterocycles. The zero-order valence-corrected chi connectivity index (χ0v) is 9.04. The number of rotatable bonds is 0. The summed E-state index contributed by atoms with van der Waals surface area (Å²) in [5.41, 5.74) is 5.50. The number of carbonyl (C=O) groups excluding carboxylic acids is 1. The molecule has 1 amide bonds. The summed E-state index contributed by atoms with van der Waals surface area (Å²) in [7, 11) is 0. The lowest BCUT2D eigenvalue weighted by molar-refractivity contribution is 0.0271. The number of carbonyl (C=O) groups is 1. The summed E-state index contributed by atoms with van der Waals surface area (Å²) in [5.74, 6) is 0.509. The fraction of sp³-hybridized carbons (Fsp3) is 0.900. The first-order chi connectivity index (χ1) is 6.30. The average Bonchev–Trinajstić information content (AvgIpc) is 2.47. The molecule has 2 rings (SSSR count). The van der Waals surface area contributed by atoms with Crippen molar-refractivity contribution >= 4 is 6.09 Å². The molecule has 4 heteroatoms. The molecule has 14 heavy (non-hydrogen) atoms. The average molecular weight is 198 g/mol. The molecule has 0 radical (unpaired) electrons. The third-order valence-corrected chi connectivity index (χ3v) is 2.86. The van der Waals surface area contributed by atoms with E-state index in [0.717, 1.165) is 13.0 Å². The summed E-state index contributed by atoms with van der Waals surface area (Å²) in [6.45, 7) is 7.05. The zero-order valence-electron chi connectivity index (χ0n) is 9.04. The van der Waals surface area contributed by atoms with Crippen LogP contribution in [0, 0.1) is 5.92 Å². The molecule has 1 aliphatic heterocycles. The van der Waals surface area contributed by atoms with Crippen molar-refractivity contribution in [3.8, 4) is 0 Å². The highest BCUT2D eigenvalue weighted by Gasteiger charge is 2.58. The minimum absolute atomic E-state index is 0.0864. The van der Waals surface area contributed by atoms with E-state index in [-0.39, 0.29) is 11.6 Å². The van der Waals surface area contributed by atoms with E-state index in [9.17, 15) is 4.79 Å². The van der Waals surface area contributed by atoms with Gasteiger partial charge in [0.1, 0.15) is 5.60 Å². The van der Waals surface area contributed by atoms with Crippen LogP contribution in [0.15, 0.2) is 0 Å². The molecule has 2 fully saturated rings. The third kappa shape index (κ3) is 1.71. The lowest BCUT2D eigenvalue weighted by Crippen LogP contribution is -2.40. The van der Waals surface area contributed by atoms with Crippen molar-refractivity contribution in [2.45, 2.75) is 38.3 Å². The fourth-order valence-corrected chi connectivity index (χ4v) is 1.99. The van der Waals surface area contributed by atoms with Crippen LogP contribution in [0.2, 0.25) is 0 Å². The molecule has 0 unspecified atom stereocenters. The van der Waals surface area contributed by atoms with Crippen molar-refractivity contribution in [2.75, 3.05) is 13.1 Å². The maximum Gasteiger partial charge on any atom is 0.410 e. The Balaban J connectivity index is 1.89. The van der Waals surface area contributed by atoms with Crippen molar-refractivity contribution in [1.82, 2.24) is 4.90 Å². The highest BCUT2D eigenvalue weighted by molar-refractivity contribution is 5.69. The molecular weight excluding hydrogens is 180 g/mol. The first-order valence-electron chi connectivity index (χ1n) is 5.07. The van der Waals surface area contributed by atoms with Gasteiger partial charge in [-0.05, 0) is 33.1 Å². The Morgan fingerprint density at radius 1 is 1.57 bits per heavy atom. The number of nitrogens with zero attached hydrogens (tertiary/aromatic N) is 1. The van der Waals surface area contributed by atoms with Crippen LogP contribution in [0.5, 0.6) is 0 Å². The molecule has 0 aromatic heterocycles. The molecule has 0 spiro atoms. The first-order valence-corrected chi connectivity index (χ1v) is 5.07. The number of likely N-dealkylation sites (tertiary alicyclic amines) is 1. The van der Waals surface area contributed by atoms with E-state index in [1.165, 1.54) is 0 Å². The number of nitrogens with two attached hydrogens (primary N) is 1. The number of piperidine rings is 1. The predicted octanol–water partition coefficient (Wildman–Crippen LogP) is 0.955. The van der Waals surface area contributed by atoms with Gasteiger partial charge in [-0.15, -0.1) is 0 Å². The molecule has 1 heterocycles. The molecule has 2 atom stereocenters. The van der Waals surface area contributed by atoms with Crippen LogP contribution >= 0.6 is 0 Å². The molecular formula is C10H18N2O2. The van der Waals surface area contributed by atoms with Crippen LogP contribution < -0.4 is 5.73 Å². The normalized spacial score (nSPS) is 35.4. The second kappa shape index (κ2) is 2.63. The van der Waals surface area contributed by atoms with Gasteiger partial charge < -0.3 is 15.4 Å². The van der Waals surface area contributed by atoms with Gasteiger partial charge >= 0.3 is 6.09 Å². The summed E-state index contributed by atoms with van der Waals surface area (Å²) in [5, 5.41) is 0. The summed E-state index contributed by atoms with van der Waals surface area (Å²) >= 11 is 0. The summed E-state index contributed by atoms with van der Waals surface area (Å²) in [4.78, 5) is 13.3. The Bertz CT molecular complexity index is 272. The molecule has 0 aromatic rings. The number of hydrogen-bond donors (Lipinski definition) is 1. The molecule has 0 aromatic carbocycles. The van der Waals surface area contributed by atoms with Gasteiger partial charge in [-0.1, -0.05) is 0 Å². The highest BCUT2D eigenvalue weighted by atomic mass is 16.6. The Morgan fingerprint density at radius 3 is 2.64 bits per heavy atom. The van der Waals surface area contributed by atoms with Crippen molar-refractivity contribution in [1.29, 1.82) is 0 Å². The van der Waals surface area contributed by atoms with Gasteiger partial charge in [-0.2, -0.15) is 0 Å². The SMILES string of the molecule is CC(C)(C)OC(=O)N1C[C@H]2C[C@]2(N)C1. The van der Waals surface area contributed by atoms with Crippen molar-refractivity contribution in [3.63, 3.8) is 0 Å². The minimum atomic E-state index is -0.411. The Morgan fingerprint density at radius 2 is 2.21 bits per heavy atom. The van der Waals surface area contributed by atoms with Crippen molar-refractivity contribution in [3.05, 3.63) is 0 Å². The smallest absolute Gasteiger partial charge is 0.410 e.